The molecule has 0 atom stereocenters. The third-order valence-electron chi connectivity index (χ3n) is 3.14. The molecule has 0 saturated heterocycles. The van der Waals surface area contributed by atoms with Crippen LogP contribution in [0.2, 0.25) is 0 Å². The second kappa shape index (κ2) is 4.18. The zero-order valence-electron chi connectivity index (χ0n) is 10.3. The van der Waals surface area contributed by atoms with Gasteiger partial charge in [-0.15, -0.1) is 0 Å². The highest BCUT2D eigenvalue weighted by Crippen LogP contribution is 2.30. The number of halogens is 1. The van der Waals surface area contributed by atoms with Crippen molar-refractivity contribution in [1.29, 1.82) is 0 Å². The van der Waals surface area contributed by atoms with E-state index in [4.69, 9.17) is 0 Å². The summed E-state index contributed by atoms with van der Waals surface area (Å²) in [4.78, 5) is 0. The fourth-order valence-electron chi connectivity index (χ4n) is 2.24. The average Bonchev–Trinajstić information content (AvgIpc) is 2.15. The van der Waals surface area contributed by atoms with Crippen LogP contribution in [0.4, 0.5) is 4.39 Å². The summed E-state index contributed by atoms with van der Waals surface area (Å²) < 4.78 is 13.9. The van der Waals surface area contributed by atoms with Crippen LogP contribution in [0.1, 0.15) is 41.7 Å². The maximum atomic E-state index is 13.9. The van der Waals surface area contributed by atoms with Gasteiger partial charge < -0.3 is 0 Å². The minimum Gasteiger partial charge on any atom is -0.206 e. The Bertz CT molecular complexity index is 414. The van der Waals surface area contributed by atoms with Crippen molar-refractivity contribution in [3.8, 4) is 0 Å². The number of benzene rings is 1. The SMILES string of the molecule is C=C(C)c1c(C)c(C)c(F)c(CC)c1C. The second-order valence-electron chi connectivity index (χ2n) is 4.18. The van der Waals surface area contributed by atoms with Crippen molar-refractivity contribution in [3.05, 3.63) is 40.2 Å². The molecule has 15 heavy (non-hydrogen) atoms. The molecule has 1 rings (SSSR count). The summed E-state index contributed by atoms with van der Waals surface area (Å²) in [5.74, 6) is -0.0440. The Morgan fingerprint density at radius 1 is 1.13 bits per heavy atom. The van der Waals surface area contributed by atoms with Crippen LogP contribution in [0, 0.1) is 26.6 Å². The maximum absolute atomic E-state index is 13.9. The summed E-state index contributed by atoms with van der Waals surface area (Å²) in [6.45, 7) is 13.7. The number of hydrogen-bond acceptors (Lipinski definition) is 0. The summed E-state index contributed by atoms with van der Waals surface area (Å²) in [7, 11) is 0. The van der Waals surface area contributed by atoms with Crippen LogP contribution in [0.3, 0.4) is 0 Å². The molecule has 0 aliphatic carbocycles. The maximum Gasteiger partial charge on any atom is 0.129 e. The van der Waals surface area contributed by atoms with Crippen molar-refractivity contribution in [3.63, 3.8) is 0 Å². The molecule has 0 aliphatic rings. The van der Waals surface area contributed by atoms with Gasteiger partial charge in [0.25, 0.3) is 0 Å². The lowest BCUT2D eigenvalue weighted by molar-refractivity contribution is 0.599. The minimum absolute atomic E-state index is 0.0440. The van der Waals surface area contributed by atoms with Crippen molar-refractivity contribution >= 4 is 5.57 Å². The fourth-order valence-corrected chi connectivity index (χ4v) is 2.24. The van der Waals surface area contributed by atoms with Crippen molar-refractivity contribution in [1.82, 2.24) is 0 Å². The van der Waals surface area contributed by atoms with Gasteiger partial charge in [0.15, 0.2) is 0 Å². The first-order chi connectivity index (χ1) is 6.91. The zero-order valence-corrected chi connectivity index (χ0v) is 10.3. The smallest absolute Gasteiger partial charge is 0.129 e. The van der Waals surface area contributed by atoms with Crippen LogP contribution in [0.25, 0.3) is 5.57 Å². The lowest BCUT2D eigenvalue weighted by atomic mass is 9.89. The zero-order chi connectivity index (χ0) is 11.7. The molecule has 0 N–H and O–H groups in total. The molecule has 0 fully saturated rings. The molecule has 0 nitrogen and oxygen atoms in total. The summed E-state index contributed by atoms with van der Waals surface area (Å²) in [5.41, 5.74) is 5.81. The summed E-state index contributed by atoms with van der Waals surface area (Å²) in [6, 6.07) is 0. The highest BCUT2D eigenvalue weighted by molar-refractivity contribution is 5.70. The van der Waals surface area contributed by atoms with Gasteiger partial charge >= 0.3 is 0 Å². The molecular formula is C14H19F. The van der Waals surface area contributed by atoms with Gasteiger partial charge in [0.05, 0.1) is 0 Å². The van der Waals surface area contributed by atoms with Crippen LogP contribution in [0.5, 0.6) is 0 Å². The molecule has 82 valence electrons. The number of rotatable bonds is 2. The van der Waals surface area contributed by atoms with Crippen molar-refractivity contribution in [2.75, 3.05) is 0 Å². The Labute approximate surface area is 91.8 Å². The highest BCUT2D eigenvalue weighted by Gasteiger charge is 2.15. The fraction of sp³-hybridized carbons (Fsp3) is 0.429. The van der Waals surface area contributed by atoms with E-state index in [0.29, 0.717) is 0 Å². The van der Waals surface area contributed by atoms with E-state index in [2.05, 4.69) is 6.58 Å². The van der Waals surface area contributed by atoms with Gasteiger partial charge in [-0.05, 0) is 61.9 Å². The van der Waals surface area contributed by atoms with E-state index in [0.717, 1.165) is 39.8 Å². The average molecular weight is 206 g/mol. The van der Waals surface area contributed by atoms with Crippen molar-refractivity contribution < 1.29 is 4.39 Å². The topological polar surface area (TPSA) is 0 Å². The molecule has 0 spiro atoms. The first-order valence-corrected chi connectivity index (χ1v) is 5.35. The first-order valence-electron chi connectivity index (χ1n) is 5.35. The van der Waals surface area contributed by atoms with Gasteiger partial charge in [-0.2, -0.15) is 0 Å². The van der Waals surface area contributed by atoms with Crippen LogP contribution in [0.15, 0.2) is 6.58 Å². The monoisotopic (exact) mass is 206 g/mol. The molecule has 0 aliphatic heterocycles. The molecule has 0 aromatic heterocycles. The van der Waals surface area contributed by atoms with E-state index in [1.54, 1.807) is 0 Å². The molecule has 0 bridgehead atoms. The normalized spacial score (nSPS) is 10.5. The molecule has 1 aromatic carbocycles. The van der Waals surface area contributed by atoms with E-state index < -0.39 is 0 Å². The molecular weight excluding hydrogens is 187 g/mol. The predicted molar refractivity (Wildman–Crippen MR) is 64.7 cm³/mol. The molecule has 1 aromatic rings. The van der Waals surface area contributed by atoms with Gasteiger partial charge in [0.1, 0.15) is 5.82 Å². The lowest BCUT2D eigenvalue weighted by Gasteiger charge is -2.17. The third-order valence-corrected chi connectivity index (χ3v) is 3.14. The first kappa shape index (κ1) is 12.0. The Morgan fingerprint density at radius 2 is 1.67 bits per heavy atom. The van der Waals surface area contributed by atoms with Gasteiger partial charge in [-0.25, -0.2) is 4.39 Å². The standard InChI is InChI=1S/C14H19F/c1-7-12-11(6)13(8(2)3)9(4)10(5)14(12)15/h2,7H2,1,3-6H3. The molecule has 0 heterocycles. The quantitative estimate of drug-likeness (QED) is 0.675. The van der Waals surface area contributed by atoms with E-state index >= 15 is 0 Å². The Morgan fingerprint density at radius 3 is 2.07 bits per heavy atom. The van der Waals surface area contributed by atoms with E-state index in [1.807, 2.05) is 34.6 Å². The molecule has 0 unspecified atom stereocenters. The second-order valence-corrected chi connectivity index (χ2v) is 4.18. The number of allylic oxidation sites excluding steroid dienone is 1. The van der Waals surface area contributed by atoms with E-state index in [9.17, 15) is 4.39 Å². The predicted octanol–water partition coefficient (Wildman–Crippen LogP) is 4.35. The Kier molecular flexibility index (Phi) is 3.33. The van der Waals surface area contributed by atoms with Crippen LogP contribution < -0.4 is 0 Å². The van der Waals surface area contributed by atoms with Crippen molar-refractivity contribution in [2.24, 2.45) is 0 Å². The van der Waals surface area contributed by atoms with Gasteiger partial charge in [0.2, 0.25) is 0 Å². The lowest BCUT2D eigenvalue weighted by Crippen LogP contribution is -2.04. The summed E-state index contributed by atoms with van der Waals surface area (Å²) in [6.07, 6.45) is 0.735. The van der Waals surface area contributed by atoms with E-state index in [1.165, 1.54) is 0 Å². The molecule has 0 radical (unpaired) electrons. The molecule has 1 heteroatoms. The summed E-state index contributed by atoms with van der Waals surface area (Å²) >= 11 is 0. The Balaban J connectivity index is 3.68. The largest absolute Gasteiger partial charge is 0.206 e. The van der Waals surface area contributed by atoms with Gasteiger partial charge in [-0.1, -0.05) is 19.1 Å². The van der Waals surface area contributed by atoms with Gasteiger partial charge in [-0.3, -0.25) is 0 Å². The van der Waals surface area contributed by atoms with Crippen LogP contribution in [-0.4, -0.2) is 0 Å². The minimum atomic E-state index is -0.0440. The summed E-state index contributed by atoms with van der Waals surface area (Å²) in [5, 5.41) is 0. The highest BCUT2D eigenvalue weighted by atomic mass is 19.1. The Hall–Kier alpha value is -1.11. The van der Waals surface area contributed by atoms with E-state index in [-0.39, 0.29) is 5.82 Å². The third kappa shape index (κ3) is 1.83. The number of hydrogen-bond donors (Lipinski definition) is 0. The van der Waals surface area contributed by atoms with Gasteiger partial charge in [0, 0.05) is 0 Å². The van der Waals surface area contributed by atoms with Crippen LogP contribution >= 0.6 is 0 Å². The molecule has 0 amide bonds. The van der Waals surface area contributed by atoms with Crippen LogP contribution in [-0.2, 0) is 6.42 Å². The van der Waals surface area contributed by atoms with Crippen molar-refractivity contribution in [2.45, 2.75) is 41.0 Å². The molecule has 0 saturated carbocycles.